The van der Waals surface area contributed by atoms with Crippen LogP contribution in [0.3, 0.4) is 0 Å². The number of methoxy groups -OCH3 is 1. The fraction of sp³-hybridized carbons (Fsp3) is 0.200. The Morgan fingerprint density at radius 3 is 2.68 bits per heavy atom. The Morgan fingerprint density at radius 2 is 1.90 bits per heavy atom. The van der Waals surface area contributed by atoms with E-state index in [1.165, 1.54) is 0 Å². The van der Waals surface area contributed by atoms with Gasteiger partial charge in [0.05, 0.1) is 24.4 Å². The van der Waals surface area contributed by atoms with Crippen molar-refractivity contribution in [3.63, 3.8) is 0 Å². The zero-order valence-corrected chi connectivity index (χ0v) is 17.0. The molecule has 2 aromatic carbocycles. The van der Waals surface area contributed by atoms with Gasteiger partial charge < -0.3 is 14.5 Å². The first-order valence-corrected chi connectivity index (χ1v) is 10.4. The van der Waals surface area contributed by atoms with Crippen LogP contribution in [0.15, 0.2) is 82.6 Å². The molecule has 1 N–H and O–H groups in total. The topological polar surface area (TPSA) is 69.3 Å². The van der Waals surface area contributed by atoms with Crippen LogP contribution >= 0.6 is 0 Å². The summed E-state index contributed by atoms with van der Waals surface area (Å²) in [6, 6.07) is 19.4. The predicted molar refractivity (Wildman–Crippen MR) is 117 cm³/mol. The molecule has 2 aromatic heterocycles. The summed E-state index contributed by atoms with van der Waals surface area (Å²) in [5.74, 6) is 2.55. The van der Waals surface area contributed by atoms with Crippen LogP contribution in [-0.4, -0.2) is 22.4 Å². The number of fused-ring (bicyclic) bond motifs is 3. The summed E-state index contributed by atoms with van der Waals surface area (Å²) in [6.07, 6.45) is 2.86. The Labute approximate surface area is 179 Å². The van der Waals surface area contributed by atoms with Gasteiger partial charge in [-0.05, 0) is 54.3 Å². The van der Waals surface area contributed by atoms with Gasteiger partial charge in [-0.3, -0.25) is 9.36 Å². The van der Waals surface area contributed by atoms with Crippen LogP contribution in [0.2, 0.25) is 0 Å². The highest BCUT2D eigenvalue weighted by Crippen LogP contribution is 2.46. The third-order valence-corrected chi connectivity index (χ3v) is 6.30. The fourth-order valence-corrected chi connectivity index (χ4v) is 4.85. The highest BCUT2D eigenvalue weighted by atomic mass is 16.5. The number of para-hydroxylation sites is 2. The van der Waals surface area contributed by atoms with Crippen molar-refractivity contribution in [2.45, 2.75) is 24.8 Å². The molecular weight excluding hydrogens is 390 g/mol. The second-order valence-electron chi connectivity index (χ2n) is 8.03. The molecule has 0 spiro atoms. The highest BCUT2D eigenvalue weighted by molar-refractivity contribution is 6.00. The van der Waals surface area contributed by atoms with Crippen molar-refractivity contribution in [3.8, 4) is 5.75 Å². The fourth-order valence-electron chi connectivity index (χ4n) is 4.85. The predicted octanol–water partition coefficient (Wildman–Crippen LogP) is 5.05. The van der Waals surface area contributed by atoms with Gasteiger partial charge in [-0.2, -0.15) is 0 Å². The molecule has 0 fully saturated rings. The minimum atomic E-state index is -0.321. The van der Waals surface area contributed by atoms with Crippen molar-refractivity contribution in [1.82, 2.24) is 9.55 Å². The number of rotatable bonds is 3. The zero-order chi connectivity index (χ0) is 20.9. The van der Waals surface area contributed by atoms with E-state index in [4.69, 9.17) is 14.1 Å². The third kappa shape index (κ3) is 2.79. The molecule has 1 aliphatic heterocycles. The number of furan rings is 1. The normalized spacial score (nSPS) is 20.4. The lowest BCUT2D eigenvalue weighted by Gasteiger charge is -2.35. The minimum Gasteiger partial charge on any atom is -0.497 e. The number of allylic oxidation sites excluding steroid dienone is 2. The SMILES string of the molecule is COc1ccc([C@H]2CC(=O)C3=C(C2)Nc2nc4ccccc4n2[C@H]3c2ccco2)cc1. The summed E-state index contributed by atoms with van der Waals surface area (Å²) in [5, 5.41) is 3.48. The Morgan fingerprint density at radius 1 is 1.06 bits per heavy atom. The summed E-state index contributed by atoms with van der Waals surface area (Å²) in [4.78, 5) is 18.3. The Hall–Kier alpha value is -3.80. The Kier molecular flexibility index (Phi) is 3.99. The highest BCUT2D eigenvalue weighted by Gasteiger charge is 2.40. The average Bonchev–Trinajstić information content (AvgIpc) is 3.45. The molecule has 0 amide bonds. The number of anilines is 1. The number of hydrogen-bond acceptors (Lipinski definition) is 5. The first-order chi connectivity index (χ1) is 15.2. The third-order valence-electron chi connectivity index (χ3n) is 6.30. The van der Waals surface area contributed by atoms with Crippen molar-refractivity contribution in [3.05, 3.63) is 89.5 Å². The van der Waals surface area contributed by atoms with E-state index in [0.717, 1.165) is 51.7 Å². The molecular formula is C25H21N3O3. The number of aromatic nitrogens is 2. The van der Waals surface area contributed by atoms with Crippen LogP contribution in [0.25, 0.3) is 11.0 Å². The van der Waals surface area contributed by atoms with E-state index in [0.29, 0.717) is 6.42 Å². The van der Waals surface area contributed by atoms with Gasteiger partial charge in [0.1, 0.15) is 17.6 Å². The van der Waals surface area contributed by atoms with Crippen LogP contribution in [0.4, 0.5) is 5.95 Å². The molecule has 2 aliphatic rings. The lowest BCUT2D eigenvalue weighted by atomic mass is 9.78. The number of hydrogen-bond donors (Lipinski definition) is 1. The van der Waals surface area contributed by atoms with Crippen molar-refractivity contribution >= 4 is 22.8 Å². The molecule has 3 heterocycles. The molecule has 1 aliphatic carbocycles. The number of ketones is 1. The number of carbonyl (C=O) groups excluding carboxylic acids is 1. The molecule has 2 atom stereocenters. The molecule has 31 heavy (non-hydrogen) atoms. The van der Waals surface area contributed by atoms with Crippen molar-refractivity contribution in [1.29, 1.82) is 0 Å². The molecule has 0 radical (unpaired) electrons. The Balaban J connectivity index is 1.47. The molecule has 6 heteroatoms. The van der Waals surface area contributed by atoms with Crippen LogP contribution in [0, 0.1) is 0 Å². The van der Waals surface area contributed by atoms with Crippen LogP contribution in [0.5, 0.6) is 5.75 Å². The van der Waals surface area contributed by atoms with Gasteiger partial charge in [0.25, 0.3) is 0 Å². The quantitative estimate of drug-likeness (QED) is 0.511. The monoisotopic (exact) mass is 411 g/mol. The zero-order valence-electron chi connectivity index (χ0n) is 17.0. The van der Waals surface area contributed by atoms with E-state index in [9.17, 15) is 4.79 Å². The molecule has 0 saturated carbocycles. The first kappa shape index (κ1) is 18.0. The first-order valence-electron chi connectivity index (χ1n) is 10.4. The maximum Gasteiger partial charge on any atom is 0.209 e. The largest absolute Gasteiger partial charge is 0.497 e. The molecule has 4 aromatic rings. The minimum absolute atomic E-state index is 0.109. The molecule has 0 bridgehead atoms. The van der Waals surface area contributed by atoms with Gasteiger partial charge in [-0.1, -0.05) is 24.3 Å². The summed E-state index contributed by atoms with van der Waals surface area (Å²) in [5.41, 5.74) is 4.70. The molecule has 6 nitrogen and oxygen atoms in total. The van der Waals surface area contributed by atoms with Crippen molar-refractivity contribution < 1.29 is 13.9 Å². The van der Waals surface area contributed by atoms with E-state index in [1.54, 1.807) is 13.4 Å². The van der Waals surface area contributed by atoms with E-state index < -0.39 is 0 Å². The van der Waals surface area contributed by atoms with Crippen LogP contribution in [-0.2, 0) is 4.79 Å². The molecule has 6 rings (SSSR count). The standard InChI is InChI=1S/C25H21N3O3/c1-30-17-10-8-15(9-11-17)16-13-19-23(21(29)14-16)24(22-7-4-12-31-22)28-20-6-3-2-5-18(20)26-25(28)27-19/h2-12,16,24H,13-14H2,1H3,(H,26,27)/t16-,24+/m1/s1. The number of nitrogens with zero attached hydrogens (tertiary/aromatic N) is 2. The average molecular weight is 411 g/mol. The Bertz CT molecular complexity index is 1320. The molecule has 0 unspecified atom stereocenters. The lowest BCUT2D eigenvalue weighted by Crippen LogP contribution is -2.32. The van der Waals surface area contributed by atoms with Gasteiger partial charge in [0, 0.05) is 17.7 Å². The number of imidazole rings is 1. The van der Waals surface area contributed by atoms with E-state index in [-0.39, 0.29) is 17.7 Å². The van der Waals surface area contributed by atoms with Crippen molar-refractivity contribution in [2.24, 2.45) is 0 Å². The number of carbonyl (C=O) groups is 1. The number of nitrogens with one attached hydrogen (secondary N) is 1. The smallest absolute Gasteiger partial charge is 0.209 e. The number of benzene rings is 2. The maximum atomic E-state index is 13.5. The summed E-state index contributed by atoms with van der Waals surface area (Å²) in [6.45, 7) is 0. The van der Waals surface area contributed by atoms with Gasteiger partial charge >= 0.3 is 0 Å². The summed E-state index contributed by atoms with van der Waals surface area (Å²) < 4.78 is 13.2. The number of ether oxygens (including phenoxy) is 1. The van der Waals surface area contributed by atoms with Crippen LogP contribution in [0.1, 0.15) is 36.1 Å². The lowest BCUT2D eigenvalue weighted by molar-refractivity contribution is -0.116. The second-order valence-corrected chi connectivity index (χ2v) is 8.03. The molecule has 0 saturated heterocycles. The molecule has 154 valence electrons. The maximum absolute atomic E-state index is 13.5. The number of Topliss-reactive ketones (excluding diaryl/α,β-unsaturated/α-hetero) is 1. The van der Waals surface area contributed by atoms with Gasteiger partial charge in [-0.25, -0.2) is 4.98 Å². The second kappa shape index (κ2) is 6.87. The van der Waals surface area contributed by atoms with E-state index >= 15 is 0 Å². The summed E-state index contributed by atoms with van der Waals surface area (Å²) >= 11 is 0. The van der Waals surface area contributed by atoms with E-state index in [1.807, 2.05) is 60.7 Å². The van der Waals surface area contributed by atoms with Crippen LogP contribution < -0.4 is 10.1 Å². The van der Waals surface area contributed by atoms with Gasteiger partial charge in [0.2, 0.25) is 5.95 Å². The van der Waals surface area contributed by atoms with E-state index in [2.05, 4.69) is 9.88 Å². The van der Waals surface area contributed by atoms with Crippen molar-refractivity contribution in [2.75, 3.05) is 12.4 Å². The van der Waals surface area contributed by atoms with Gasteiger partial charge in [-0.15, -0.1) is 0 Å². The van der Waals surface area contributed by atoms with Gasteiger partial charge in [0.15, 0.2) is 5.78 Å². The summed E-state index contributed by atoms with van der Waals surface area (Å²) in [7, 11) is 1.66.